The smallest absolute Gasteiger partial charge is 0.0566 e. The number of fused-ring (bicyclic) bond motifs is 4. The molecule has 228 valence electrons. The predicted octanol–water partition coefficient (Wildman–Crippen LogP) is 12.2. The van der Waals surface area contributed by atoms with Crippen molar-refractivity contribution in [3.63, 3.8) is 0 Å². The van der Waals surface area contributed by atoms with Gasteiger partial charge in [0.05, 0.1) is 17.1 Å². The van der Waals surface area contributed by atoms with Gasteiger partial charge in [-0.15, -0.1) is 0 Å². The molecule has 0 radical (unpaired) electrons. The van der Waals surface area contributed by atoms with E-state index >= 15 is 0 Å². The van der Waals surface area contributed by atoms with E-state index in [-0.39, 0.29) is 6.04 Å². The molecular weight excluding hydrogens is 581 g/mol. The lowest BCUT2D eigenvalue weighted by Gasteiger charge is -2.35. The van der Waals surface area contributed by atoms with E-state index in [1.54, 1.807) is 0 Å². The molecular formula is C46H34N2. The van der Waals surface area contributed by atoms with Crippen LogP contribution in [-0.2, 0) is 0 Å². The molecule has 0 amide bonds. The van der Waals surface area contributed by atoms with Crippen LogP contribution in [-0.4, -0.2) is 10.6 Å². The van der Waals surface area contributed by atoms with E-state index in [2.05, 4.69) is 198 Å². The average Bonchev–Trinajstić information content (AvgIpc) is 3.49. The Morgan fingerprint density at radius 3 is 1.98 bits per heavy atom. The Morgan fingerprint density at radius 1 is 0.542 bits per heavy atom. The molecule has 7 aromatic carbocycles. The van der Waals surface area contributed by atoms with E-state index in [9.17, 15) is 0 Å². The molecule has 2 heteroatoms. The van der Waals surface area contributed by atoms with Gasteiger partial charge >= 0.3 is 0 Å². The molecule has 48 heavy (non-hydrogen) atoms. The van der Waals surface area contributed by atoms with Crippen molar-refractivity contribution in [2.24, 2.45) is 0 Å². The number of hydrogen-bond acceptors (Lipinski definition) is 1. The van der Waals surface area contributed by atoms with Crippen LogP contribution in [0, 0.1) is 0 Å². The Hall–Kier alpha value is -6.12. The number of para-hydroxylation sites is 3. The van der Waals surface area contributed by atoms with Crippen molar-refractivity contribution in [2.75, 3.05) is 4.90 Å². The van der Waals surface area contributed by atoms with Crippen LogP contribution in [0.4, 0.5) is 11.4 Å². The predicted molar refractivity (Wildman–Crippen MR) is 204 cm³/mol. The van der Waals surface area contributed by atoms with Gasteiger partial charge in [-0.05, 0) is 82.4 Å². The normalized spacial score (nSPS) is 14.4. The topological polar surface area (TPSA) is 8.17 Å². The van der Waals surface area contributed by atoms with E-state index in [0.717, 1.165) is 6.42 Å². The van der Waals surface area contributed by atoms with Crippen LogP contribution in [0.15, 0.2) is 188 Å². The molecule has 0 bridgehead atoms. The second kappa shape index (κ2) is 11.9. The van der Waals surface area contributed by atoms with Crippen LogP contribution in [0.2, 0.25) is 0 Å². The molecule has 1 heterocycles. The van der Waals surface area contributed by atoms with Crippen LogP contribution >= 0.6 is 0 Å². The monoisotopic (exact) mass is 614 g/mol. The van der Waals surface area contributed by atoms with Gasteiger partial charge in [-0.2, -0.15) is 0 Å². The van der Waals surface area contributed by atoms with Gasteiger partial charge in [0, 0.05) is 33.4 Å². The molecule has 0 saturated carbocycles. The van der Waals surface area contributed by atoms with Crippen LogP contribution in [0.5, 0.6) is 0 Å². The van der Waals surface area contributed by atoms with E-state index in [0.29, 0.717) is 0 Å². The van der Waals surface area contributed by atoms with Gasteiger partial charge in [0.15, 0.2) is 0 Å². The van der Waals surface area contributed by atoms with Crippen LogP contribution in [0.1, 0.15) is 12.0 Å². The Morgan fingerprint density at radius 2 is 1.19 bits per heavy atom. The summed E-state index contributed by atoms with van der Waals surface area (Å²) < 4.78 is 2.43. The van der Waals surface area contributed by atoms with Crippen molar-refractivity contribution >= 4 is 49.5 Å². The van der Waals surface area contributed by atoms with Crippen molar-refractivity contribution in [3.8, 4) is 16.8 Å². The Balaban J connectivity index is 1.26. The summed E-state index contributed by atoms with van der Waals surface area (Å²) >= 11 is 0. The van der Waals surface area contributed by atoms with E-state index < -0.39 is 0 Å². The molecule has 2 nitrogen and oxygen atoms in total. The van der Waals surface area contributed by atoms with Gasteiger partial charge in [0.25, 0.3) is 0 Å². The molecule has 0 spiro atoms. The maximum Gasteiger partial charge on any atom is 0.0566 e. The highest BCUT2D eigenvalue weighted by Gasteiger charge is 2.25. The highest BCUT2D eigenvalue weighted by atomic mass is 15.2. The zero-order valence-electron chi connectivity index (χ0n) is 26.6. The molecule has 0 aliphatic heterocycles. The van der Waals surface area contributed by atoms with E-state index in [4.69, 9.17) is 0 Å². The largest absolute Gasteiger partial charge is 0.334 e. The van der Waals surface area contributed by atoms with Crippen LogP contribution in [0.3, 0.4) is 0 Å². The molecule has 1 atom stereocenters. The Kier molecular flexibility index (Phi) is 6.98. The zero-order valence-corrected chi connectivity index (χ0v) is 26.6. The first-order chi connectivity index (χ1) is 23.8. The number of allylic oxidation sites excluding steroid dienone is 2. The summed E-state index contributed by atoms with van der Waals surface area (Å²) in [6.07, 6.45) is 8.07. The van der Waals surface area contributed by atoms with Gasteiger partial charge < -0.3 is 9.47 Å². The van der Waals surface area contributed by atoms with Crippen molar-refractivity contribution in [2.45, 2.75) is 12.5 Å². The number of nitrogens with zero attached hydrogens (tertiary/aromatic N) is 2. The summed E-state index contributed by atoms with van der Waals surface area (Å²) in [7, 11) is 0. The van der Waals surface area contributed by atoms with Crippen molar-refractivity contribution in [1.82, 2.24) is 4.57 Å². The molecule has 8 aromatic rings. The lowest BCUT2D eigenvalue weighted by Crippen LogP contribution is -2.30. The first-order valence-corrected chi connectivity index (χ1v) is 16.7. The van der Waals surface area contributed by atoms with Gasteiger partial charge in [0.1, 0.15) is 0 Å². The van der Waals surface area contributed by atoms with Crippen LogP contribution in [0.25, 0.3) is 55.0 Å². The maximum absolute atomic E-state index is 2.52. The fourth-order valence-corrected chi connectivity index (χ4v) is 7.52. The molecule has 0 fully saturated rings. The third-order valence-electron chi connectivity index (χ3n) is 9.64. The quantitative estimate of drug-likeness (QED) is 0.181. The first kappa shape index (κ1) is 28.1. The Labute approximate surface area is 281 Å². The third-order valence-corrected chi connectivity index (χ3v) is 9.64. The molecule has 1 aliphatic rings. The summed E-state index contributed by atoms with van der Waals surface area (Å²) in [4.78, 5) is 2.52. The minimum atomic E-state index is 0.121. The number of hydrogen-bond donors (Lipinski definition) is 0. The maximum atomic E-state index is 2.52. The number of aromatic nitrogens is 1. The van der Waals surface area contributed by atoms with E-state index in [1.807, 2.05) is 0 Å². The molecule has 9 rings (SSSR count). The first-order valence-electron chi connectivity index (χ1n) is 16.7. The van der Waals surface area contributed by atoms with Gasteiger partial charge in [-0.25, -0.2) is 0 Å². The number of anilines is 2. The summed E-state index contributed by atoms with van der Waals surface area (Å²) in [6.45, 7) is 0. The highest BCUT2D eigenvalue weighted by Crippen LogP contribution is 2.42. The second-order valence-corrected chi connectivity index (χ2v) is 12.5. The molecule has 1 unspecified atom stereocenters. The lowest BCUT2D eigenvalue weighted by atomic mass is 9.91. The molecule has 0 N–H and O–H groups in total. The summed E-state index contributed by atoms with van der Waals surface area (Å²) in [5.74, 6) is 0. The lowest BCUT2D eigenvalue weighted by molar-refractivity contribution is 0.788. The standard InChI is InChI=1S/C46H34N2/c1-4-16-33(17-5-1)40-26-12-13-28-43(40)47(37-21-6-2-7-22-37)39-25-14-20-36(30-39)41-27-15-29-44-46(41)42-31-34-18-10-11-19-35(34)32-45(42)48(44)38-23-8-3-9-24-38/h1-24,26-32,39H,25H2. The minimum absolute atomic E-state index is 0.121. The van der Waals surface area contributed by atoms with Crippen molar-refractivity contribution < 1.29 is 0 Å². The molecule has 1 aromatic heterocycles. The van der Waals surface area contributed by atoms with E-state index in [1.165, 1.54) is 71.9 Å². The summed E-state index contributed by atoms with van der Waals surface area (Å²) in [6, 6.07) is 61.5. The molecule has 0 saturated heterocycles. The number of rotatable bonds is 6. The van der Waals surface area contributed by atoms with Crippen LogP contribution < -0.4 is 4.90 Å². The zero-order chi connectivity index (χ0) is 31.9. The number of benzene rings is 7. The van der Waals surface area contributed by atoms with Crippen molar-refractivity contribution in [3.05, 3.63) is 194 Å². The van der Waals surface area contributed by atoms with Gasteiger partial charge in [-0.3, -0.25) is 0 Å². The SMILES string of the molecule is C1=CC(c2cccc3c2c2cc4ccccc4cc2n3-c2ccccc2)=CC(N(c2ccccc2)c2ccccc2-c2ccccc2)C1. The minimum Gasteiger partial charge on any atom is -0.334 e. The second-order valence-electron chi connectivity index (χ2n) is 12.5. The highest BCUT2D eigenvalue weighted by molar-refractivity contribution is 6.17. The molecule has 1 aliphatic carbocycles. The summed E-state index contributed by atoms with van der Waals surface area (Å²) in [5.41, 5.74) is 10.9. The van der Waals surface area contributed by atoms with Crippen molar-refractivity contribution in [1.29, 1.82) is 0 Å². The van der Waals surface area contributed by atoms with Gasteiger partial charge in [-0.1, -0.05) is 140 Å². The third kappa shape index (κ3) is 4.82. The summed E-state index contributed by atoms with van der Waals surface area (Å²) in [5, 5.41) is 5.06. The fourth-order valence-electron chi connectivity index (χ4n) is 7.52. The average molecular weight is 615 g/mol. The fraction of sp³-hybridized carbons (Fsp3) is 0.0435. The Bertz CT molecular complexity index is 2470. The van der Waals surface area contributed by atoms with Gasteiger partial charge in [0.2, 0.25) is 0 Å².